The first-order chi connectivity index (χ1) is 13.0. The lowest BCUT2D eigenvalue weighted by atomic mass is 10.1. The van der Waals surface area contributed by atoms with Gasteiger partial charge in [-0.15, -0.1) is 0 Å². The second kappa shape index (κ2) is 8.31. The highest BCUT2D eigenvalue weighted by atomic mass is 32.1. The van der Waals surface area contributed by atoms with Gasteiger partial charge in [-0.05, 0) is 44.1 Å². The summed E-state index contributed by atoms with van der Waals surface area (Å²) in [6.45, 7) is 7.49. The van der Waals surface area contributed by atoms with Gasteiger partial charge < -0.3 is 4.90 Å². The number of hydrogen-bond donors (Lipinski definition) is 1. The van der Waals surface area contributed by atoms with Crippen LogP contribution in [0.1, 0.15) is 23.6 Å². The molecule has 0 aliphatic heterocycles. The molecule has 0 radical (unpaired) electrons. The molecule has 0 atom stereocenters. The van der Waals surface area contributed by atoms with Gasteiger partial charge in [0, 0.05) is 18.7 Å². The van der Waals surface area contributed by atoms with Crippen LogP contribution < -0.4 is 0 Å². The number of amides is 1. The molecular formula is C21H24N4OS. The number of aryl methyl sites for hydroxylation is 2. The topological polar surface area (TPSA) is 53.9 Å². The highest BCUT2D eigenvalue weighted by molar-refractivity contribution is 7.71. The summed E-state index contributed by atoms with van der Waals surface area (Å²) in [5.74, 6) is 0.701. The fraction of sp³-hybridized carbons (Fsp3) is 0.286. The molecule has 1 aromatic heterocycles. The van der Waals surface area contributed by atoms with Gasteiger partial charge in [-0.3, -0.25) is 14.5 Å². The van der Waals surface area contributed by atoms with Gasteiger partial charge in [-0.25, -0.2) is 0 Å². The number of rotatable bonds is 6. The molecule has 1 amide bonds. The molecule has 0 bridgehead atoms. The van der Waals surface area contributed by atoms with Crippen LogP contribution in [0.2, 0.25) is 0 Å². The Bertz CT molecular complexity index is 988. The summed E-state index contributed by atoms with van der Waals surface area (Å²) in [5, 5.41) is 7.14. The van der Waals surface area contributed by atoms with E-state index in [-0.39, 0.29) is 12.5 Å². The molecule has 0 unspecified atom stereocenters. The zero-order chi connectivity index (χ0) is 19.4. The molecule has 0 saturated heterocycles. The number of benzene rings is 2. The number of hydrogen-bond acceptors (Lipinski definition) is 3. The van der Waals surface area contributed by atoms with E-state index in [0.717, 1.165) is 11.1 Å². The summed E-state index contributed by atoms with van der Waals surface area (Å²) < 4.78 is 2.22. The number of aromatic amines is 1. The maximum atomic E-state index is 13.0. The average Bonchev–Trinajstić information content (AvgIpc) is 3.02. The summed E-state index contributed by atoms with van der Waals surface area (Å²) in [6.07, 6.45) is 0. The van der Waals surface area contributed by atoms with E-state index in [9.17, 15) is 4.79 Å². The molecule has 0 fully saturated rings. The van der Waals surface area contributed by atoms with Crippen molar-refractivity contribution in [2.45, 2.75) is 33.9 Å². The fourth-order valence-corrected chi connectivity index (χ4v) is 3.19. The highest BCUT2D eigenvalue weighted by Crippen LogP contribution is 2.18. The fourth-order valence-electron chi connectivity index (χ4n) is 2.99. The minimum Gasteiger partial charge on any atom is -0.337 e. The minimum absolute atomic E-state index is 0.0200. The van der Waals surface area contributed by atoms with Gasteiger partial charge in [-0.1, -0.05) is 54.1 Å². The van der Waals surface area contributed by atoms with Crippen LogP contribution in [0.4, 0.5) is 0 Å². The van der Waals surface area contributed by atoms with Crippen LogP contribution in [0.15, 0.2) is 48.5 Å². The Morgan fingerprint density at radius 1 is 1.15 bits per heavy atom. The maximum Gasteiger partial charge on any atom is 0.242 e. The number of carbonyl (C=O) groups excluding carboxylic acids is 1. The van der Waals surface area contributed by atoms with Gasteiger partial charge in [0.2, 0.25) is 5.91 Å². The van der Waals surface area contributed by atoms with Crippen molar-refractivity contribution in [1.29, 1.82) is 0 Å². The Balaban J connectivity index is 1.83. The zero-order valence-corrected chi connectivity index (χ0v) is 16.7. The highest BCUT2D eigenvalue weighted by Gasteiger charge is 2.17. The largest absolute Gasteiger partial charge is 0.337 e. The maximum absolute atomic E-state index is 13.0. The number of H-pyrrole nitrogens is 1. The molecule has 1 N–H and O–H groups in total. The third-order valence-electron chi connectivity index (χ3n) is 4.72. The normalized spacial score (nSPS) is 10.8. The van der Waals surface area contributed by atoms with Crippen LogP contribution >= 0.6 is 12.2 Å². The smallest absolute Gasteiger partial charge is 0.242 e. The third kappa shape index (κ3) is 4.34. The predicted molar refractivity (Wildman–Crippen MR) is 110 cm³/mol. The second-order valence-electron chi connectivity index (χ2n) is 6.64. The van der Waals surface area contributed by atoms with Crippen molar-refractivity contribution in [1.82, 2.24) is 19.7 Å². The molecule has 1 heterocycles. The van der Waals surface area contributed by atoms with Gasteiger partial charge >= 0.3 is 0 Å². The van der Waals surface area contributed by atoms with Crippen LogP contribution in [-0.4, -0.2) is 32.1 Å². The van der Waals surface area contributed by atoms with Gasteiger partial charge in [0.05, 0.1) is 0 Å². The number of aromatic nitrogens is 3. The lowest BCUT2D eigenvalue weighted by Gasteiger charge is -2.22. The first kappa shape index (κ1) is 19.0. The van der Waals surface area contributed by atoms with E-state index in [1.807, 2.05) is 55.1 Å². The van der Waals surface area contributed by atoms with Crippen molar-refractivity contribution in [3.8, 4) is 11.4 Å². The number of nitrogens with zero attached hydrogens (tertiary/aromatic N) is 3. The first-order valence-corrected chi connectivity index (χ1v) is 9.45. The van der Waals surface area contributed by atoms with Crippen LogP contribution in [0.5, 0.6) is 0 Å². The van der Waals surface area contributed by atoms with Crippen LogP contribution in [0, 0.1) is 18.6 Å². The minimum atomic E-state index is 0.0200. The molecule has 27 heavy (non-hydrogen) atoms. The molecule has 140 valence electrons. The molecule has 3 aromatic rings. The van der Waals surface area contributed by atoms with Gasteiger partial charge in [0.25, 0.3) is 0 Å². The molecule has 0 aliphatic rings. The Morgan fingerprint density at radius 3 is 2.52 bits per heavy atom. The summed E-state index contributed by atoms with van der Waals surface area (Å²) >= 11 is 5.36. The van der Waals surface area contributed by atoms with Crippen LogP contribution in [0.25, 0.3) is 11.4 Å². The first-order valence-electron chi connectivity index (χ1n) is 9.04. The summed E-state index contributed by atoms with van der Waals surface area (Å²) in [4.78, 5) is 14.8. The van der Waals surface area contributed by atoms with E-state index in [1.54, 1.807) is 4.57 Å². The standard InChI is InChI=1S/C21H24N4OS/c1-4-24(13-18-8-6-5-7-16(18)3)19(26)14-25-20(22-23-21(25)27)17-11-9-15(2)10-12-17/h5-12H,4,13-14H2,1-3H3,(H,23,27). The lowest BCUT2D eigenvalue weighted by Crippen LogP contribution is -2.33. The Kier molecular flexibility index (Phi) is 5.86. The van der Waals surface area contributed by atoms with Gasteiger partial charge in [0.1, 0.15) is 6.54 Å². The average molecular weight is 381 g/mol. The summed E-state index contributed by atoms with van der Waals surface area (Å²) in [5.41, 5.74) is 4.44. The van der Waals surface area contributed by atoms with E-state index < -0.39 is 0 Å². The Hall–Kier alpha value is -2.73. The van der Waals surface area contributed by atoms with Crippen molar-refractivity contribution < 1.29 is 4.79 Å². The summed E-state index contributed by atoms with van der Waals surface area (Å²) in [7, 11) is 0. The third-order valence-corrected chi connectivity index (χ3v) is 5.03. The van der Waals surface area contributed by atoms with Crippen LogP contribution in [-0.2, 0) is 17.9 Å². The van der Waals surface area contributed by atoms with Gasteiger partial charge in [0.15, 0.2) is 10.6 Å². The van der Waals surface area contributed by atoms with E-state index in [0.29, 0.717) is 23.7 Å². The van der Waals surface area contributed by atoms with E-state index in [4.69, 9.17) is 12.2 Å². The summed E-state index contributed by atoms with van der Waals surface area (Å²) in [6, 6.07) is 16.2. The van der Waals surface area contributed by atoms with Crippen molar-refractivity contribution in [2.75, 3.05) is 6.54 Å². The van der Waals surface area contributed by atoms with Crippen molar-refractivity contribution in [2.24, 2.45) is 0 Å². The van der Waals surface area contributed by atoms with Crippen molar-refractivity contribution in [3.63, 3.8) is 0 Å². The molecule has 2 aromatic carbocycles. The van der Waals surface area contributed by atoms with E-state index in [2.05, 4.69) is 29.3 Å². The van der Waals surface area contributed by atoms with Crippen LogP contribution in [0.3, 0.4) is 0 Å². The number of likely N-dealkylation sites (N-methyl/N-ethyl adjacent to an activating group) is 1. The van der Waals surface area contributed by atoms with E-state index in [1.165, 1.54) is 11.1 Å². The monoisotopic (exact) mass is 380 g/mol. The molecular weight excluding hydrogens is 356 g/mol. The second-order valence-corrected chi connectivity index (χ2v) is 7.03. The molecule has 0 aliphatic carbocycles. The number of nitrogens with one attached hydrogen (secondary N) is 1. The van der Waals surface area contributed by atoms with Gasteiger partial charge in [-0.2, -0.15) is 5.10 Å². The van der Waals surface area contributed by atoms with Crippen molar-refractivity contribution >= 4 is 18.1 Å². The SMILES string of the molecule is CCN(Cc1ccccc1C)C(=O)Cn1c(-c2ccc(C)cc2)n[nH]c1=S. The van der Waals surface area contributed by atoms with Crippen molar-refractivity contribution in [3.05, 3.63) is 70.0 Å². The lowest BCUT2D eigenvalue weighted by molar-refractivity contribution is -0.132. The molecule has 0 spiro atoms. The Labute approximate surface area is 164 Å². The molecule has 6 heteroatoms. The predicted octanol–water partition coefficient (Wildman–Crippen LogP) is 4.27. The zero-order valence-electron chi connectivity index (χ0n) is 15.9. The molecule has 5 nitrogen and oxygen atoms in total. The molecule has 3 rings (SSSR count). The molecule has 0 saturated carbocycles. The number of carbonyl (C=O) groups is 1. The quantitative estimate of drug-likeness (QED) is 0.650. The Morgan fingerprint density at radius 2 is 1.85 bits per heavy atom. The van der Waals surface area contributed by atoms with E-state index >= 15 is 0 Å².